The molecule has 0 aliphatic carbocycles. The third kappa shape index (κ3) is 3.80. The summed E-state index contributed by atoms with van der Waals surface area (Å²) in [5, 5.41) is 3.34. The molecule has 0 spiro atoms. The van der Waals surface area contributed by atoms with E-state index in [1.807, 2.05) is 18.2 Å². The summed E-state index contributed by atoms with van der Waals surface area (Å²) in [6.45, 7) is 7.94. The van der Waals surface area contributed by atoms with Crippen LogP contribution in [0.3, 0.4) is 0 Å². The number of piperazine rings is 1. The molecule has 100 valence electrons. The van der Waals surface area contributed by atoms with E-state index in [-0.39, 0.29) is 18.2 Å². The molecular weight excluding hydrogens is 251 g/mol. The van der Waals surface area contributed by atoms with E-state index in [0.29, 0.717) is 6.04 Å². The van der Waals surface area contributed by atoms with E-state index in [0.717, 1.165) is 32.6 Å². The van der Waals surface area contributed by atoms with Gasteiger partial charge in [-0.3, -0.25) is 4.90 Å². The van der Waals surface area contributed by atoms with Gasteiger partial charge in [0.1, 0.15) is 5.82 Å². The lowest BCUT2D eigenvalue weighted by molar-refractivity contribution is 0.174. The van der Waals surface area contributed by atoms with Crippen LogP contribution in [-0.2, 0) is 0 Å². The summed E-state index contributed by atoms with van der Waals surface area (Å²) in [6.07, 6.45) is 2.85. The fourth-order valence-electron chi connectivity index (χ4n) is 2.33. The van der Waals surface area contributed by atoms with Crippen molar-refractivity contribution in [3.8, 4) is 0 Å². The summed E-state index contributed by atoms with van der Waals surface area (Å²) in [6, 6.07) is 7.16. The van der Waals surface area contributed by atoms with Gasteiger partial charge in [-0.2, -0.15) is 0 Å². The van der Waals surface area contributed by atoms with Crippen molar-refractivity contribution in [1.82, 2.24) is 10.2 Å². The zero-order valence-corrected chi connectivity index (χ0v) is 11.3. The first-order valence-corrected chi connectivity index (χ1v) is 6.12. The Hall–Kier alpha value is -0.900. The number of nitrogens with one attached hydrogen (secondary N) is 1. The molecule has 0 bridgehead atoms. The number of nitrogens with zero attached hydrogens (tertiary/aromatic N) is 1. The second kappa shape index (κ2) is 7.52. The van der Waals surface area contributed by atoms with Crippen molar-refractivity contribution < 1.29 is 4.39 Å². The second-order valence-corrected chi connectivity index (χ2v) is 4.38. The van der Waals surface area contributed by atoms with Crippen LogP contribution in [0.1, 0.15) is 18.0 Å². The molecule has 2 nitrogen and oxygen atoms in total. The summed E-state index contributed by atoms with van der Waals surface area (Å²) in [5.41, 5.74) is 1.17. The summed E-state index contributed by atoms with van der Waals surface area (Å²) >= 11 is 0. The van der Waals surface area contributed by atoms with E-state index in [1.165, 1.54) is 17.7 Å². The first-order chi connectivity index (χ1) is 8.31. The molecule has 4 heteroatoms. The van der Waals surface area contributed by atoms with Gasteiger partial charge in [0, 0.05) is 32.2 Å². The number of hydrogen-bond donors (Lipinski definition) is 1. The molecule has 0 aromatic heterocycles. The predicted octanol–water partition coefficient (Wildman–Crippen LogP) is 2.77. The Kier molecular flexibility index (Phi) is 6.33. The average Bonchev–Trinajstić information content (AvgIpc) is 2.38. The van der Waals surface area contributed by atoms with Gasteiger partial charge in [-0.25, -0.2) is 4.39 Å². The van der Waals surface area contributed by atoms with Gasteiger partial charge in [0.05, 0.1) is 0 Å². The first-order valence-electron chi connectivity index (χ1n) is 6.12. The third-order valence-electron chi connectivity index (χ3n) is 3.24. The standard InChI is InChI=1S/C14H19FN2.ClH/c1-2-3-14(17-10-8-16-9-11-17)12-4-6-13(15)7-5-12;/h2,4-7,14,16H,1,3,8-11H2;1H/t14-;/m0./s1. The fourth-order valence-corrected chi connectivity index (χ4v) is 2.33. The van der Waals surface area contributed by atoms with Gasteiger partial charge in [-0.15, -0.1) is 19.0 Å². The molecular formula is C14H20ClFN2. The Balaban J connectivity index is 0.00000162. The minimum absolute atomic E-state index is 0. The van der Waals surface area contributed by atoms with Crippen molar-refractivity contribution >= 4 is 12.4 Å². The smallest absolute Gasteiger partial charge is 0.123 e. The Labute approximate surface area is 114 Å². The average molecular weight is 271 g/mol. The minimum atomic E-state index is -0.175. The number of halogens is 2. The number of rotatable bonds is 4. The molecule has 18 heavy (non-hydrogen) atoms. The lowest BCUT2D eigenvalue weighted by Crippen LogP contribution is -2.45. The molecule has 1 aromatic rings. The molecule has 1 fully saturated rings. The summed E-state index contributed by atoms with van der Waals surface area (Å²) in [4.78, 5) is 2.44. The minimum Gasteiger partial charge on any atom is -0.314 e. The highest BCUT2D eigenvalue weighted by Gasteiger charge is 2.20. The van der Waals surface area contributed by atoms with Crippen LogP contribution < -0.4 is 5.32 Å². The van der Waals surface area contributed by atoms with Crippen LogP contribution in [0.2, 0.25) is 0 Å². The van der Waals surface area contributed by atoms with Crippen LogP contribution >= 0.6 is 12.4 Å². The zero-order valence-electron chi connectivity index (χ0n) is 10.4. The Morgan fingerprint density at radius 3 is 2.44 bits per heavy atom. The molecule has 1 atom stereocenters. The molecule has 1 aliphatic rings. The van der Waals surface area contributed by atoms with Gasteiger partial charge in [-0.1, -0.05) is 18.2 Å². The highest BCUT2D eigenvalue weighted by molar-refractivity contribution is 5.85. The molecule has 0 unspecified atom stereocenters. The van der Waals surface area contributed by atoms with Gasteiger partial charge in [-0.05, 0) is 24.1 Å². The molecule has 0 saturated carbocycles. The normalized spacial score (nSPS) is 17.8. The van der Waals surface area contributed by atoms with E-state index < -0.39 is 0 Å². The van der Waals surface area contributed by atoms with Crippen molar-refractivity contribution in [3.05, 3.63) is 48.3 Å². The summed E-state index contributed by atoms with van der Waals surface area (Å²) in [7, 11) is 0. The number of benzene rings is 1. The molecule has 1 aromatic carbocycles. The third-order valence-corrected chi connectivity index (χ3v) is 3.24. The highest BCUT2D eigenvalue weighted by atomic mass is 35.5. The topological polar surface area (TPSA) is 15.3 Å². The SMILES string of the molecule is C=CC[C@@H](c1ccc(F)cc1)N1CCNCC1.Cl. The van der Waals surface area contributed by atoms with Crippen LogP contribution in [0.4, 0.5) is 4.39 Å². The van der Waals surface area contributed by atoms with E-state index in [1.54, 1.807) is 0 Å². The maximum absolute atomic E-state index is 12.9. The Bertz CT molecular complexity index is 361. The Morgan fingerprint density at radius 1 is 1.28 bits per heavy atom. The van der Waals surface area contributed by atoms with Crippen molar-refractivity contribution in [1.29, 1.82) is 0 Å². The maximum atomic E-state index is 12.9. The molecule has 1 saturated heterocycles. The highest BCUT2D eigenvalue weighted by Crippen LogP contribution is 2.25. The molecule has 0 amide bonds. The van der Waals surface area contributed by atoms with Crippen molar-refractivity contribution in [2.45, 2.75) is 12.5 Å². The van der Waals surface area contributed by atoms with Crippen LogP contribution in [0.25, 0.3) is 0 Å². The largest absolute Gasteiger partial charge is 0.314 e. The molecule has 1 aliphatic heterocycles. The van der Waals surface area contributed by atoms with Crippen molar-refractivity contribution in [3.63, 3.8) is 0 Å². The summed E-state index contributed by atoms with van der Waals surface area (Å²) in [5.74, 6) is -0.175. The van der Waals surface area contributed by atoms with Crippen LogP contribution in [-0.4, -0.2) is 31.1 Å². The van der Waals surface area contributed by atoms with Crippen LogP contribution in [0.15, 0.2) is 36.9 Å². The Morgan fingerprint density at radius 2 is 1.89 bits per heavy atom. The summed E-state index contributed by atoms with van der Waals surface area (Å²) < 4.78 is 12.9. The lowest BCUT2D eigenvalue weighted by Gasteiger charge is -2.34. The van der Waals surface area contributed by atoms with Gasteiger partial charge < -0.3 is 5.32 Å². The van der Waals surface area contributed by atoms with Crippen molar-refractivity contribution in [2.24, 2.45) is 0 Å². The van der Waals surface area contributed by atoms with Crippen LogP contribution in [0, 0.1) is 5.82 Å². The van der Waals surface area contributed by atoms with E-state index in [4.69, 9.17) is 0 Å². The quantitative estimate of drug-likeness (QED) is 0.847. The fraction of sp³-hybridized carbons (Fsp3) is 0.429. The lowest BCUT2D eigenvalue weighted by atomic mass is 10.0. The van der Waals surface area contributed by atoms with Crippen molar-refractivity contribution in [2.75, 3.05) is 26.2 Å². The zero-order chi connectivity index (χ0) is 12.1. The van der Waals surface area contributed by atoms with Gasteiger partial charge in [0.15, 0.2) is 0 Å². The first kappa shape index (κ1) is 15.2. The van der Waals surface area contributed by atoms with Crippen LogP contribution in [0.5, 0.6) is 0 Å². The number of hydrogen-bond acceptors (Lipinski definition) is 2. The maximum Gasteiger partial charge on any atom is 0.123 e. The molecule has 1 heterocycles. The van der Waals surface area contributed by atoms with E-state index >= 15 is 0 Å². The molecule has 1 N–H and O–H groups in total. The van der Waals surface area contributed by atoms with Gasteiger partial charge >= 0.3 is 0 Å². The molecule has 2 rings (SSSR count). The second-order valence-electron chi connectivity index (χ2n) is 4.38. The van der Waals surface area contributed by atoms with E-state index in [9.17, 15) is 4.39 Å². The van der Waals surface area contributed by atoms with E-state index in [2.05, 4.69) is 16.8 Å². The molecule has 0 radical (unpaired) electrons. The van der Waals surface area contributed by atoms with Gasteiger partial charge in [0.25, 0.3) is 0 Å². The predicted molar refractivity (Wildman–Crippen MR) is 75.6 cm³/mol. The monoisotopic (exact) mass is 270 g/mol. The van der Waals surface area contributed by atoms with Gasteiger partial charge in [0.2, 0.25) is 0 Å².